The van der Waals surface area contributed by atoms with E-state index >= 15 is 0 Å². The molecule has 0 unspecified atom stereocenters. The van der Waals surface area contributed by atoms with Gasteiger partial charge in [0.05, 0.1) is 6.04 Å². The van der Waals surface area contributed by atoms with Gasteiger partial charge in [0.2, 0.25) is 17.8 Å². The molecule has 0 aromatic carbocycles. The number of aromatic nitrogens is 5. The third-order valence-corrected chi connectivity index (χ3v) is 3.40. The third-order valence-electron chi connectivity index (χ3n) is 3.40. The van der Waals surface area contributed by atoms with Crippen molar-refractivity contribution in [1.82, 2.24) is 24.7 Å². The zero-order valence-corrected chi connectivity index (χ0v) is 14.2. The summed E-state index contributed by atoms with van der Waals surface area (Å²) in [7, 11) is 3.69. The van der Waals surface area contributed by atoms with E-state index in [1.165, 1.54) is 16.8 Å². The molecular formula is C15H21N7O2. The summed E-state index contributed by atoms with van der Waals surface area (Å²) >= 11 is 0. The molecule has 1 saturated carbocycles. The normalized spacial score (nSPS) is 13.9. The van der Waals surface area contributed by atoms with Crippen LogP contribution in [0, 0.1) is 0 Å². The first-order valence-electron chi connectivity index (χ1n) is 7.90. The smallest absolute Gasteiger partial charge is 0.330 e. The monoisotopic (exact) mass is 331 g/mol. The van der Waals surface area contributed by atoms with E-state index < -0.39 is 0 Å². The van der Waals surface area contributed by atoms with Gasteiger partial charge in [-0.15, -0.1) is 5.10 Å². The summed E-state index contributed by atoms with van der Waals surface area (Å²) in [6.07, 6.45) is 2.22. The minimum atomic E-state index is -0.182. The first kappa shape index (κ1) is 16.2. The summed E-state index contributed by atoms with van der Waals surface area (Å²) < 4.78 is 7.01. The Labute approximate surface area is 139 Å². The predicted molar refractivity (Wildman–Crippen MR) is 89.8 cm³/mol. The Morgan fingerprint density at radius 3 is 2.62 bits per heavy atom. The van der Waals surface area contributed by atoms with Crippen LogP contribution in [0.3, 0.4) is 0 Å². The SMILES string of the molecule is CC(C)n1nc(Oc2nc(NC3CC3)nc(N(C)C)n2)ccc1=O. The van der Waals surface area contributed by atoms with Crippen LogP contribution in [0.1, 0.15) is 32.7 Å². The van der Waals surface area contributed by atoms with Crippen molar-refractivity contribution < 1.29 is 4.74 Å². The first-order chi connectivity index (χ1) is 11.4. The molecule has 0 bridgehead atoms. The van der Waals surface area contributed by atoms with Crippen LogP contribution in [0.2, 0.25) is 0 Å². The van der Waals surface area contributed by atoms with E-state index in [1.54, 1.807) is 4.90 Å². The van der Waals surface area contributed by atoms with E-state index in [0.717, 1.165) is 12.8 Å². The van der Waals surface area contributed by atoms with Gasteiger partial charge in [-0.2, -0.15) is 15.0 Å². The van der Waals surface area contributed by atoms with Gasteiger partial charge in [-0.05, 0) is 26.7 Å². The van der Waals surface area contributed by atoms with Crippen molar-refractivity contribution in [3.8, 4) is 11.9 Å². The lowest BCUT2D eigenvalue weighted by Crippen LogP contribution is -2.23. The fraction of sp³-hybridized carbons (Fsp3) is 0.533. The quantitative estimate of drug-likeness (QED) is 0.849. The minimum Gasteiger partial charge on any atom is -0.403 e. The van der Waals surface area contributed by atoms with Gasteiger partial charge in [-0.25, -0.2) is 4.68 Å². The maximum atomic E-state index is 11.8. The Morgan fingerprint density at radius 2 is 2.00 bits per heavy atom. The summed E-state index contributed by atoms with van der Waals surface area (Å²) in [6, 6.07) is 3.41. The fourth-order valence-corrected chi connectivity index (χ4v) is 1.99. The lowest BCUT2D eigenvalue weighted by Gasteiger charge is -2.14. The molecular weight excluding hydrogens is 310 g/mol. The maximum Gasteiger partial charge on any atom is 0.330 e. The van der Waals surface area contributed by atoms with Crippen molar-refractivity contribution in [2.24, 2.45) is 0 Å². The Kier molecular flexibility index (Phi) is 4.32. The van der Waals surface area contributed by atoms with Gasteiger partial charge >= 0.3 is 6.01 Å². The first-order valence-corrected chi connectivity index (χ1v) is 7.90. The molecule has 1 fully saturated rings. The van der Waals surface area contributed by atoms with Crippen LogP contribution in [0.25, 0.3) is 0 Å². The molecule has 0 atom stereocenters. The van der Waals surface area contributed by atoms with E-state index in [9.17, 15) is 4.79 Å². The summed E-state index contributed by atoms with van der Waals surface area (Å²) in [6.45, 7) is 3.76. The van der Waals surface area contributed by atoms with Gasteiger partial charge in [-0.3, -0.25) is 4.79 Å². The lowest BCUT2D eigenvalue weighted by atomic mass is 10.4. The van der Waals surface area contributed by atoms with E-state index in [2.05, 4.69) is 25.4 Å². The highest BCUT2D eigenvalue weighted by atomic mass is 16.5. The van der Waals surface area contributed by atoms with Gasteiger partial charge in [0.25, 0.3) is 5.56 Å². The van der Waals surface area contributed by atoms with Crippen molar-refractivity contribution in [2.45, 2.75) is 38.8 Å². The number of hydrogen-bond acceptors (Lipinski definition) is 8. The molecule has 0 aliphatic heterocycles. The molecule has 0 saturated heterocycles. The Balaban J connectivity index is 1.89. The molecule has 1 N–H and O–H groups in total. The van der Waals surface area contributed by atoms with E-state index in [1.807, 2.05) is 27.9 Å². The zero-order valence-electron chi connectivity index (χ0n) is 14.2. The Morgan fingerprint density at radius 1 is 1.25 bits per heavy atom. The molecule has 9 heteroatoms. The molecule has 128 valence electrons. The van der Waals surface area contributed by atoms with Crippen molar-refractivity contribution in [3.05, 3.63) is 22.5 Å². The van der Waals surface area contributed by atoms with Gasteiger partial charge in [0.15, 0.2) is 0 Å². The number of nitrogens with zero attached hydrogens (tertiary/aromatic N) is 6. The Bertz CT molecular complexity index is 784. The van der Waals surface area contributed by atoms with Gasteiger partial charge in [0, 0.05) is 32.3 Å². The second-order valence-corrected chi connectivity index (χ2v) is 6.20. The topological polar surface area (TPSA) is 98.1 Å². The van der Waals surface area contributed by atoms with Crippen molar-refractivity contribution >= 4 is 11.9 Å². The van der Waals surface area contributed by atoms with Crippen molar-refractivity contribution in [3.63, 3.8) is 0 Å². The molecule has 2 aromatic rings. The van der Waals surface area contributed by atoms with Crippen LogP contribution in [0.4, 0.5) is 11.9 Å². The standard InChI is InChI=1S/C15H21N7O2/c1-9(2)22-12(23)8-7-11(20-22)24-15-18-13(16-10-5-6-10)17-14(19-15)21(3)4/h7-10H,5-6H2,1-4H3,(H,16,17,18,19). The van der Waals surface area contributed by atoms with Crippen LogP contribution < -0.4 is 20.5 Å². The molecule has 2 aromatic heterocycles. The molecule has 1 aliphatic rings. The predicted octanol–water partition coefficient (Wildman–Crippen LogP) is 1.44. The van der Waals surface area contributed by atoms with Crippen LogP contribution in [-0.4, -0.2) is 44.9 Å². The van der Waals surface area contributed by atoms with Crippen molar-refractivity contribution in [2.75, 3.05) is 24.3 Å². The van der Waals surface area contributed by atoms with Crippen LogP contribution in [0.15, 0.2) is 16.9 Å². The van der Waals surface area contributed by atoms with E-state index in [-0.39, 0.29) is 23.5 Å². The molecule has 2 heterocycles. The number of nitrogens with one attached hydrogen (secondary N) is 1. The number of hydrogen-bond donors (Lipinski definition) is 1. The van der Waals surface area contributed by atoms with E-state index in [0.29, 0.717) is 17.9 Å². The molecule has 0 spiro atoms. The lowest BCUT2D eigenvalue weighted by molar-refractivity contribution is 0.387. The van der Waals surface area contributed by atoms with Gasteiger partial charge in [0.1, 0.15) is 0 Å². The average molecular weight is 331 g/mol. The molecule has 9 nitrogen and oxygen atoms in total. The number of ether oxygens (including phenoxy) is 1. The largest absolute Gasteiger partial charge is 0.403 e. The maximum absolute atomic E-state index is 11.8. The second kappa shape index (κ2) is 6.42. The van der Waals surface area contributed by atoms with Crippen LogP contribution in [-0.2, 0) is 0 Å². The highest BCUT2D eigenvalue weighted by Crippen LogP contribution is 2.25. The van der Waals surface area contributed by atoms with Crippen LogP contribution >= 0.6 is 0 Å². The molecule has 0 radical (unpaired) electrons. The molecule has 24 heavy (non-hydrogen) atoms. The fourth-order valence-electron chi connectivity index (χ4n) is 1.99. The summed E-state index contributed by atoms with van der Waals surface area (Å²) in [4.78, 5) is 26.4. The number of anilines is 2. The minimum absolute atomic E-state index is 0.0659. The summed E-state index contributed by atoms with van der Waals surface area (Å²) in [5.41, 5.74) is -0.182. The van der Waals surface area contributed by atoms with Gasteiger partial charge in [-0.1, -0.05) is 0 Å². The summed E-state index contributed by atoms with van der Waals surface area (Å²) in [5.74, 6) is 1.22. The molecule has 3 rings (SSSR count). The third kappa shape index (κ3) is 3.79. The molecule has 0 amide bonds. The Hall–Kier alpha value is -2.71. The van der Waals surface area contributed by atoms with Crippen LogP contribution in [0.5, 0.6) is 11.9 Å². The average Bonchev–Trinajstić information content (AvgIpc) is 3.32. The highest BCUT2D eigenvalue weighted by Gasteiger charge is 2.23. The molecule has 1 aliphatic carbocycles. The second-order valence-electron chi connectivity index (χ2n) is 6.20. The number of rotatable bonds is 6. The van der Waals surface area contributed by atoms with Crippen molar-refractivity contribution in [1.29, 1.82) is 0 Å². The summed E-state index contributed by atoms with van der Waals surface area (Å²) in [5, 5.41) is 7.42. The highest BCUT2D eigenvalue weighted by molar-refractivity contribution is 5.39. The zero-order chi connectivity index (χ0) is 17.3. The van der Waals surface area contributed by atoms with Gasteiger partial charge < -0.3 is 15.0 Å². The van der Waals surface area contributed by atoms with E-state index in [4.69, 9.17) is 4.74 Å².